The third-order valence-electron chi connectivity index (χ3n) is 6.24. The smallest absolute Gasteiger partial charge is 0.317 e. The van der Waals surface area contributed by atoms with E-state index in [9.17, 15) is 4.79 Å². The van der Waals surface area contributed by atoms with E-state index in [1.165, 1.54) is 5.56 Å². The number of piperidine rings is 1. The van der Waals surface area contributed by atoms with Crippen LogP contribution in [0.2, 0.25) is 0 Å². The molecular formula is C20H25N5O2. The molecule has 3 atom stereocenters. The first-order valence-corrected chi connectivity index (χ1v) is 9.85. The van der Waals surface area contributed by atoms with E-state index in [1.54, 1.807) is 12.7 Å². The average Bonchev–Trinajstić information content (AvgIpc) is 3.11. The summed E-state index contributed by atoms with van der Waals surface area (Å²) in [7, 11) is 0. The maximum Gasteiger partial charge on any atom is 0.317 e. The van der Waals surface area contributed by atoms with Crippen LogP contribution in [0.3, 0.4) is 0 Å². The van der Waals surface area contributed by atoms with Gasteiger partial charge in [-0.25, -0.2) is 14.5 Å². The highest BCUT2D eigenvalue weighted by Gasteiger charge is 2.47. The summed E-state index contributed by atoms with van der Waals surface area (Å²) in [5, 5.41) is 7.41. The van der Waals surface area contributed by atoms with E-state index >= 15 is 0 Å². The fourth-order valence-electron chi connectivity index (χ4n) is 4.51. The van der Waals surface area contributed by atoms with E-state index in [0.29, 0.717) is 6.54 Å². The Morgan fingerprint density at radius 1 is 1.30 bits per heavy atom. The molecule has 0 radical (unpaired) electrons. The van der Waals surface area contributed by atoms with Gasteiger partial charge in [0.15, 0.2) is 0 Å². The number of likely N-dealkylation sites (tertiary alicyclic amines) is 1. The van der Waals surface area contributed by atoms with Gasteiger partial charge in [-0.3, -0.25) is 0 Å². The number of carbonyl (C=O) groups excluding carboxylic acids is 1. The minimum atomic E-state index is -0.0832. The van der Waals surface area contributed by atoms with Gasteiger partial charge in [0.25, 0.3) is 0 Å². The van der Waals surface area contributed by atoms with Gasteiger partial charge in [0, 0.05) is 19.5 Å². The molecule has 7 nitrogen and oxygen atoms in total. The monoisotopic (exact) mass is 367 g/mol. The first-order valence-electron chi connectivity index (χ1n) is 9.85. The number of nitrogens with zero attached hydrogens (tertiary/aromatic N) is 4. The minimum absolute atomic E-state index is 0.0217. The van der Waals surface area contributed by atoms with Crippen molar-refractivity contribution < 1.29 is 9.53 Å². The van der Waals surface area contributed by atoms with Crippen LogP contribution in [0.4, 0.5) is 4.79 Å². The maximum absolute atomic E-state index is 12.9. The first-order chi connectivity index (χ1) is 13.3. The van der Waals surface area contributed by atoms with Crippen molar-refractivity contribution in [2.24, 2.45) is 0 Å². The fraction of sp³-hybridized carbons (Fsp3) is 0.550. The molecule has 2 aliphatic heterocycles. The van der Waals surface area contributed by atoms with Crippen molar-refractivity contribution >= 4 is 6.03 Å². The summed E-state index contributed by atoms with van der Waals surface area (Å²) in [5.74, 6) is 0. The number of benzene rings is 1. The van der Waals surface area contributed by atoms with E-state index in [2.05, 4.69) is 27.5 Å². The highest BCUT2D eigenvalue weighted by atomic mass is 16.5. The zero-order valence-corrected chi connectivity index (χ0v) is 15.3. The quantitative estimate of drug-likeness (QED) is 0.901. The number of amides is 2. The lowest BCUT2D eigenvalue weighted by atomic mass is 9.96. The molecule has 142 valence electrons. The van der Waals surface area contributed by atoms with E-state index in [4.69, 9.17) is 4.74 Å². The summed E-state index contributed by atoms with van der Waals surface area (Å²) < 4.78 is 8.19. The van der Waals surface area contributed by atoms with Crippen molar-refractivity contribution in [3.63, 3.8) is 0 Å². The number of nitrogens with one attached hydrogen (secondary N) is 1. The highest BCUT2D eigenvalue weighted by molar-refractivity contribution is 5.75. The molecule has 2 saturated heterocycles. The third-order valence-corrected chi connectivity index (χ3v) is 6.24. The Kier molecular flexibility index (Phi) is 4.11. The van der Waals surface area contributed by atoms with Gasteiger partial charge < -0.3 is 15.0 Å². The molecule has 3 fully saturated rings. The number of hydrogen-bond acceptors (Lipinski definition) is 4. The highest BCUT2D eigenvalue weighted by Crippen LogP contribution is 2.42. The number of carbonyl (C=O) groups is 1. The summed E-state index contributed by atoms with van der Waals surface area (Å²) in [4.78, 5) is 19.0. The fourth-order valence-corrected chi connectivity index (χ4v) is 4.51. The normalized spacial score (nSPS) is 28.6. The molecule has 1 aromatic heterocycles. The van der Waals surface area contributed by atoms with Gasteiger partial charge >= 0.3 is 6.03 Å². The molecule has 1 aromatic carbocycles. The van der Waals surface area contributed by atoms with Crippen LogP contribution in [0.25, 0.3) is 0 Å². The number of fused-ring (bicyclic) bond motifs is 1. The predicted molar refractivity (Wildman–Crippen MR) is 99.0 cm³/mol. The SMILES string of the molecule is O=C(NCC1(n2cncn2)CC1)N1CCC[C@@H]2O[C@H](c3ccccc3)C[C@@H]21. The van der Waals surface area contributed by atoms with Gasteiger partial charge in [-0.2, -0.15) is 5.10 Å². The predicted octanol–water partition coefficient (Wildman–Crippen LogP) is 2.47. The average molecular weight is 367 g/mol. The first kappa shape index (κ1) is 16.7. The maximum atomic E-state index is 12.9. The number of aromatic nitrogens is 3. The number of urea groups is 1. The Bertz CT molecular complexity index is 790. The molecule has 7 heteroatoms. The summed E-state index contributed by atoms with van der Waals surface area (Å²) in [6.07, 6.45) is 8.46. The molecule has 1 N–H and O–H groups in total. The van der Waals surface area contributed by atoms with E-state index in [-0.39, 0.29) is 29.8 Å². The zero-order valence-electron chi connectivity index (χ0n) is 15.3. The molecule has 0 spiro atoms. The van der Waals surface area contributed by atoms with Gasteiger partial charge in [-0.15, -0.1) is 0 Å². The van der Waals surface area contributed by atoms with Crippen molar-refractivity contribution in [3.8, 4) is 0 Å². The molecule has 1 saturated carbocycles. The Hall–Kier alpha value is -2.41. The van der Waals surface area contributed by atoms with Gasteiger partial charge in [0.05, 0.1) is 23.8 Å². The Labute approximate surface area is 158 Å². The van der Waals surface area contributed by atoms with E-state index < -0.39 is 0 Å². The van der Waals surface area contributed by atoms with Gasteiger partial charge in [-0.1, -0.05) is 30.3 Å². The molecular weight excluding hydrogens is 342 g/mol. The van der Waals surface area contributed by atoms with Crippen LogP contribution >= 0.6 is 0 Å². The van der Waals surface area contributed by atoms with Crippen molar-refractivity contribution in [2.75, 3.05) is 13.1 Å². The molecule has 0 unspecified atom stereocenters. The molecule has 3 aliphatic rings. The van der Waals surface area contributed by atoms with Crippen molar-refractivity contribution in [1.29, 1.82) is 0 Å². The van der Waals surface area contributed by atoms with Crippen LogP contribution in [0, 0.1) is 0 Å². The van der Waals surface area contributed by atoms with Crippen molar-refractivity contribution in [2.45, 2.75) is 55.9 Å². The molecule has 2 aromatic rings. The van der Waals surface area contributed by atoms with Gasteiger partial charge in [0.1, 0.15) is 12.7 Å². The summed E-state index contributed by atoms with van der Waals surface area (Å²) >= 11 is 0. The second-order valence-corrected chi connectivity index (χ2v) is 7.94. The van der Waals surface area contributed by atoms with Crippen molar-refractivity contribution in [3.05, 3.63) is 48.5 Å². The molecule has 27 heavy (non-hydrogen) atoms. The lowest BCUT2D eigenvalue weighted by molar-refractivity contribution is 0.00545. The summed E-state index contributed by atoms with van der Waals surface area (Å²) in [6.45, 7) is 1.40. The number of hydrogen-bond donors (Lipinski definition) is 1. The third kappa shape index (κ3) is 3.10. The lowest BCUT2D eigenvalue weighted by Gasteiger charge is -2.36. The van der Waals surface area contributed by atoms with Gasteiger partial charge in [0.2, 0.25) is 0 Å². The molecule has 1 aliphatic carbocycles. The van der Waals surface area contributed by atoms with Crippen molar-refractivity contribution in [1.82, 2.24) is 25.0 Å². The summed E-state index contributed by atoms with van der Waals surface area (Å²) in [6, 6.07) is 10.5. The second kappa shape index (κ2) is 6.64. The molecule has 3 heterocycles. The standard InChI is InChI=1S/C20H25N5O2/c26-19(22-12-20(8-9-20)25-14-21-13-23-25)24-10-4-7-17-16(24)11-18(27-17)15-5-2-1-3-6-15/h1-3,5-6,13-14,16-18H,4,7-12H2,(H,22,26)/t16-,17-,18-/m0/s1. The Morgan fingerprint density at radius 3 is 2.89 bits per heavy atom. The Balaban J connectivity index is 1.24. The summed E-state index contributed by atoms with van der Waals surface area (Å²) in [5.41, 5.74) is 1.12. The van der Waals surface area contributed by atoms with Crippen LogP contribution in [0.15, 0.2) is 43.0 Å². The second-order valence-electron chi connectivity index (χ2n) is 7.94. The number of ether oxygens (including phenoxy) is 1. The Morgan fingerprint density at radius 2 is 2.15 bits per heavy atom. The minimum Gasteiger partial charge on any atom is -0.368 e. The van der Waals surface area contributed by atoms with Crippen LogP contribution in [0.5, 0.6) is 0 Å². The van der Waals surface area contributed by atoms with Crippen LogP contribution in [-0.4, -0.2) is 50.9 Å². The van der Waals surface area contributed by atoms with Crippen LogP contribution in [-0.2, 0) is 10.3 Å². The van der Waals surface area contributed by atoms with Gasteiger partial charge in [-0.05, 0) is 31.2 Å². The largest absolute Gasteiger partial charge is 0.368 e. The number of rotatable bonds is 4. The van der Waals surface area contributed by atoms with E-state index in [0.717, 1.165) is 38.6 Å². The van der Waals surface area contributed by atoms with Crippen LogP contribution in [0.1, 0.15) is 43.8 Å². The van der Waals surface area contributed by atoms with Crippen LogP contribution < -0.4 is 5.32 Å². The molecule has 5 rings (SSSR count). The molecule has 0 bridgehead atoms. The lowest BCUT2D eigenvalue weighted by Crippen LogP contribution is -2.53. The molecule has 2 amide bonds. The topological polar surface area (TPSA) is 72.3 Å². The van der Waals surface area contributed by atoms with E-state index in [1.807, 2.05) is 27.8 Å². The zero-order chi connectivity index (χ0) is 18.3.